The number of urea groups is 1. The average Bonchev–Trinajstić information content (AvgIpc) is 3.07. The van der Waals surface area contributed by atoms with E-state index in [9.17, 15) is 9.90 Å². The number of rotatable bonds is 8. The number of nitrogens with one attached hydrogen (secondary N) is 2. The van der Waals surface area contributed by atoms with Crippen LogP contribution in [0.2, 0.25) is 0 Å². The number of amides is 2. The molecule has 0 aliphatic carbocycles. The summed E-state index contributed by atoms with van der Waals surface area (Å²) in [7, 11) is 0. The number of hydrogen-bond acceptors (Lipinski definition) is 5. The summed E-state index contributed by atoms with van der Waals surface area (Å²) in [6, 6.07) is 5.43. The second kappa shape index (κ2) is 9.34. The SMILES string of the molecule is CC(C)c1csc(CNC(=O)NCC(CO)Cc2ccccn2)n1. The largest absolute Gasteiger partial charge is 0.396 e. The number of carbonyl (C=O) groups is 1. The molecule has 7 heteroatoms. The Morgan fingerprint density at radius 1 is 1.33 bits per heavy atom. The maximum atomic E-state index is 11.9. The predicted octanol–water partition coefficient (Wildman–Crippen LogP) is 2.31. The molecule has 6 nitrogen and oxygen atoms in total. The number of pyridine rings is 1. The van der Waals surface area contributed by atoms with Crippen molar-refractivity contribution in [1.82, 2.24) is 20.6 Å². The number of hydrogen-bond donors (Lipinski definition) is 3. The molecule has 1 unspecified atom stereocenters. The van der Waals surface area contributed by atoms with E-state index in [0.29, 0.717) is 25.4 Å². The van der Waals surface area contributed by atoms with Crippen LogP contribution >= 0.6 is 11.3 Å². The summed E-state index contributed by atoms with van der Waals surface area (Å²) in [6.45, 7) is 4.99. The van der Waals surface area contributed by atoms with Gasteiger partial charge in [-0.05, 0) is 24.5 Å². The molecule has 3 N–H and O–H groups in total. The van der Waals surface area contributed by atoms with Crippen LogP contribution in [0.25, 0.3) is 0 Å². The highest BCUT2D eigenvalue weighted by molar-refractivity contribution is 7.09. The van der Waals surface area contributed by atoms with Gasteiger partial charge in [0.1, 0.15) is 5.01 Å². The van der Waals surface area contributed by atoms with Crippen LogP contribution in [0.5, 0.6) is 0 Å². The van der Waals surface area contributed by atoms with E-state index in [-0.39, 0.29) is 18.6 Å². The fourth-order valence-corrected chi connectivity index (χ4v) is 3.04. The third-order valence-corrected chi connectivity index (χ3v) is 4.46. The van der Waals surface area contributed by atoms with Gasteiger partial charge in [0.15, 0.2) is 0 Å². The number of carbonyl (C=O) groups excluding carboxylic acids is 1. The first kappa shape index (κ1) is 18.4. The molecule has 2 heterocycles. The molecular formula is C17H24N4O2S. The number of nitrogens with zero attached hydrogens (tertiary/aromatic N) is 2. The summed E-state index contributed by atoms with van der Waals surface area (Å²) in [5.74, 6) is 0.332. The lowest BCUT2D eigenvalue weighted by atomic mass is 10.0. The van der Waals surface area contributed by atoms with Crippen molar-refractivity contribution in [3.8, 4) is 0 Å². The summed E-state index contributed by atoms with van der Waals surface area (Å²) in [4.78, 5) is 20.6. The molecule has 2 aromatic rings. The highest BCUT2D eigenvalue weighted by atomic mass is 32.1. The van der Waals surface area contributed by atoms with Crippen molar-refractivity contribution in [3.63, 3.8) is 0 Å². The van der Waals surface area contributed by atoms with E-state index in [2.05, 4.69) is 34.4 Å². The van der Waals surface area contributed by atoms with Gasteiger partial charge in [-0.15, -0.1) is 11.3 Å². The minimum atomic E-state index is -0.254. The van der Waals surface area contributed by atoms with Crippen molar-refractivity contribution in [2.24, 2.45) is 5.92 Å². The topological polar surface area (TPSA) is 87.1 Å². The smallest absolute Gasteiger partial charge is 0.315 e. The molecule has 0 saturated heterocycles. The molecule has 2 amide bonds. The van der Waals surface area contributed by atoms with Crippen molar-refractivity contribution in [2.75, 3.05) is 13.2 Å². The average molecular weight is 348 g/mol. The number of aliphatic hydroxyl groups excluding tert-OH is 1. The number of aliphatic hydroxyl groups is 1. The van der Waals surface area contributed by atoms with Gasteiger partial charge in [0.05, 0.1) is 12.2 Å². The van der Waals surface area contributed by atoms with E-state index in [1.165, 1.54) is 0 Å². The molecule has 24 heavy (non-hydrogen) atoms. The van der Waals surface area contributed by atoms with E-state index < -0.39 is 0 Å². The maximum Gasteiger partial charge on any atom is 0.315 e. The van der Waals surface area contributed by atoms with Gasteiger partial charge in [-0.2, -0.15) is 0 Å². The van der Waals surface area contributed by atoms with Crippen molar-refractivity contribution >= 4 is 17.4 Å². The van der Waals surface area contributed by atoms with Crippen LogP contribution in [0.15, 0.2) is 29.8 Å². The summed E-state index contributed by atoms with van der Waals surface area (Å²) in [5, 5.41) is 18.0. The van der Waals surface area contributed by atoms with Crippen LogP contribution in [-0.4, -0.2) is 34.3 Å². The summed E-state index contributed by atoms with van der Waals surface area (Å²) >= 11 is 1.55. The van der Waals surface area contributed by atoms with Crippen molar-refractivity contribution in [1.29, 1.82) is 0 Å². The molecule has 2 rings (SSSR count). The van der Waals surface area contributed by atoms with Crippen LogP contribution < -0.4 is 10.6 Å². The lowest BCUT2D eigenvalue weighted by molar-refractivity contribution is 0.213. The zero-order valence-corrected chi connectivity index (χ0v) is 14.8. The summed E-state index contributed by atoms with van der Waals surface area (Å²) < 4.78 is 0. The minimum Gasteiger partial charge on any atom is -0.396 e. The number of thiazole rings is 1. The Morgan fingerprint density at radius 3 is 2.79 bits per heavy atom. The lowest BCUT2D eigenvalue weighted by Crippen LogP contribution is -2.39. The first-order valence-corrected chi connectivity index (χ1v) is 8.93. The van der Waals surface area contributed by atoms with Gasteiger partial charge < -0.3 is 15.7 Å². The number of aromatic nitrogens is 2. The second-order valence-electron chi connectivity index (χ2n) is 5.96. The zero-order chi connectivity index (χ0) is 17.4. The highest BCUT2D eigenvalue weighted by Crippen LogP contribution is 2.17. The van der Waals surface area contributed by atoms with E-state index >= 15 is 0 Å². The molecule has 0 bridgehead atoms. The standard InChI is InChI=1S/C17H24N4O2S/c1-12(2)15-11-24-16(21-15)9-20-17(23)19-8-13(10-22)7-14-5-3-4-6-18-14/h3-6,11-13,22H,7-10H2,1-2H3,(H2,19,20,23). The first-order valence-electron chi connectivity index (χ1n) is 8.05. The van der Waals surface area contributed by atoms with E-state index in [1.807, 2.05) is 23.6 Å². The van der Waals surface area contributed by atoms with Crippen LogP contribution in [0, 0.1) is 5.92 Å². The fourth-order valence-electron chi connectivity index (χ4n) is 2.14. The Kier molecular flexibility index (Phi) is 7.14. The fraction of sp³-hybridized carbons (Fsp3) is 0.471. The molecule has 0 spiro atoms. The van der Waals surface area contributed by atoms with Gasteiger partial charge >= 0.3 is 6.03 Å². The minimum absolute atomic E-state index is 0.00107. The summed E-state index contributed by atoms with van der Waals surface area (Å²) in [6.07, 6.45) is 2.35. The van der Waals surface area contributed by atoms with Gasteiger partial charge in [-0.25, -0.2) is 9.78 Å². The van der Waals surface area contributed by atoms with E-state index in [1.54, 1.807) is 17.5 Å². The molecule has 2 aromatic heterocycles. The Labute approximate surface area is 146 Å². The maximum absolute atomic E-state index is 11.9. The van der Waals surface area contributed by atoms with E-state index in [0.717, 1.165) is 16.4 Å². The molecule has 0 radical (unpaired) electrons. The Bertz CT molecular complexity index is 631. The molecule has 1 atom stereocenters. The van der Waals surface area contributed by atoms with Crippen molar-refractivity contribution < 1.29 is 9.90 Å². The van der Waals surface area contributed by atoms with Crippen LogP contribution in [0.4, 0.5) is 4.79 Å². The van der Waals surface area contributed by atoms with Crippen molar-refractivity contribution in [2.45, 2.75) is 32.7 Å². The molecule has 0 aliphatic heterocycles. The molecular weight excluding hydrogens is 324 g/mol. The molecule has 130 valence electrons. The van der Waals surface area contributed by atoms with Gasteiger partial charge in [-0.1, -0.05) is 19.9 Å². The van der Waals surface area contributed by atoms with Gasteiger partial charge in [0, 0.05) is 36.3 Å². The third-order valence-electron chi connectivity index (χ3n) is 3.59. The molecule has 0 aromatic carbocycles. The Balaban J connectivity index is 1.73. The van der Waals surface area contributed by atoms with Gasteiger partial charge in [-0.3, -0.25) is 4.98 Å². The Morgan fingerprint density at radius 2 is 2.17 bits per heavy atom. The van der Waals surface area contributed by atoms with Crippen molar-refractivity contribution in [3.05, 3.63) is 46.2 Å². The molecule has 0 saturated carbocycles. The molecule has 0 fully saturated rings. The third kappa shape index (κ3) is 5.90. The lowest BCUT2D eigenvalue weighted by Gasteiger charge is -2.15. The van der Waals surface area contributed by atoms with Crippen LogP contribution in [-0.2, 0) is 13.0 Å². The second-order valence-corrected chi connectivity index (χ2v) is 6.90. The zero-order valence-electron chi connectivity index (χ0n) is 14.0. The predicted molar refractivity (Wildman–Crippen MR) is 95.0 cm³/mol. The van der Waals surface area contributed by atoms with Gasteiger partial charge in [0.2, 0.25) is 0 Å². The van der Waals surface area contributed by atoms with E-state index in [4.69, 9.17) is 0 Å². The van der Waals surface area contributed by atoms with Gasteiger partial charge in [0.25, 0.3) is 0 Å². The quantitative estimate of drug-likeness (QED) is 0.683. The molecule has 0 aliphatic rings. The van der Waals surface area contributed by atoms with Crippen LogP contribution in [0.1, 0.15) is 36.2 Å². The monoisotopic (exact) mass is 348 g/mol. The first-order chi connectivity index (χ1) is 11.6. The normalized spacial score (nSPS) is 12.2. The highest BCUT2D eigenvalue weighted by Gasteiger charge is 2.12. The Hall–Kier alpha value is -1.99. The van der Waals surface area contributed by atoms with Crippen LogP contribution in [0.3, 0.4) is 0 Å². The summed E-state index contributed by atoms with van der Waals surface area (Å²) in [5.41, 5.74) is 1.95.